The molecule has 1 atom stereocenters. The normalized spacial score (nSPS) is 13.3. The Hall–Kier alpha value is -3.01. The molecular weight excluding hydrogens is 540 g/mol. The van der Waals surface area contributed by atoms with Crippen LogP contribution < -0.4 is 5.56 Å². The molecule has 39 heavy (non-hydrogen) atoms. The lowest BCUT2D eigenvalue weighted by atomic mass is 10.0. The van der Waals surface area contributed by atoms with Gasteiger partial charge in [-0.15, -0.1) is 0 Å². The maximum atomic E-state index is 14.3. The van der Waals surface area contributed by atoms with E-state index in [0.29, 0.717) is 30.2 Å². The summed E-state index contributed by atoms with van der Waals surface area (Å²) < 4.78 is 34.6. The van der Waals surface area contributed by atoms with Crippen LogP contribution in [0, 0.1) is 11.6 Å². The quantitative estimate of drug-likeness (QED) is 0.169. The second kappa shape index (κ2) is 10.9. The second-order valence-electron chi connectivity index (χ2n) is 11.4. The highest BCUT2D eigenvalue weighted by Gasteiger charge is 2.37. The Balaban J connectivity index is 1.72. The summed E-state index contributed by atoms with van der Waals surface area (Å²) in [5.41, 5.74) is 0.904. The summed E-state index contributed by atoms with van der Waals surface area (Å²) in [6.45, 7) is 13.4. The van der Waals surface area contributed by atoms with Crippen LogP contribution in [0.3, 0.4) is 0 Å². The molecule has 0 aliphatic rings. The van der Waals surface area contributed by atoms with Crippen LogP contribution in [0.5, 0.6) is 0 Å². The molecule has 10 heteroatoms. The van der Waals surface area contributed by atoms with Crippen molar-refractivity contribution in [2.24, 2.45) is 0 Å². The number of hydrogen-bond donors (Lipinski definition) is 2. The maximum absolute atomic E-state index is 14.3. The van der Waals surface area contributed by atoms with Crippen molar-refractivity contribution in [1.29, 1.82) is 0 Å². The minimum Gasteiger partial charge on any atom is -0.417 e. The molecule has 1 amide bonds. The molecule has 208 valence electrons. The van der Waals surface area contributed by atoms with E-state index in [-0.39, 0.29) is 27.4 Å². The van der Waals surface area contributed by atoms with E-state index in [1.165, 1.54) is 6.20 Å². The van der Waals surface area contributed by atoms with Crippen molar-refractivity contribution >= 4 is 47.5 Å². The van der Waals surface area contributed by atoms with Crippen LogP contribution in [0.1, 0.15) is 56.2 Å². The lowest BCUT2D eigenvalue weighted by molar-refractivity contribution is 0.0674. The van der Waals surface area contributed by atoms with E-state index >= 15 is 0 Å². The number of rotatable bonds is 8. The third kappa shape index (κ3) is 5.66. The number of carbonyl (C=O) groups is 1. The van der Waals surface area contributed by atoms with E-state index in [1.807, 2.05) is 24.3 Å². The Kier molecular flexibility index (Phi) is 8.07. The molecule has 0 saturated heterocycles. The molecule has 2 aromatic carbocycles. The number of amides is 1. The van der Waals surface area contributed by atoms with Crippen LogP contribution in [0.2, 0.25) is 23.2 Å². The van der Waals surface area contributed by atoms with Gasteiger partial charge in [-0.2, -0.15) is 0 Å². The van der Waals surface area contributed by atoms with Crippen molar-refractivity contribution in [1.82, 2.24) is 14.9 Å². The fourth-order valence-electron chi connectivity index (χ4n) is 4.43. The first kappa shape index (κ1) is 29.0. The monoisotopic (exact) mass is 573 g/mol. The van der Waals surface area contributed by atoms with Crippen LogP contribution in [0.4, 0.5) is 8.78 Å². The molecule has 0 bridgehead atoms. The van der Waals surface area contributed by atoms with Gasteiger partial charge in [-0.05, 0) is 60.6 Å². The number of aromatic amines is 2. The number of halogens is 3. The third-order valence-electron chi connectivity index (χ3n) is 7.82. The van der Waals surface area contributed by atoms with Gasteiger partial charge in [-0.25, -0.2) is 8.78 Å². The van der Waals surface area contributed by atoms with E-state index in [9.17, 15) is 18.4 Å². The maximum Gasteiger partial charge on any atom is 0.272 e. The molecule has 2 heterocycles. The molecule has 0 radical (unpaired) electrons. The van der Waals surface area contributed by atoms with Crippen molar-refractivity contribution in [3.8, 4) is 0 Å². The molecule has 4 rings (SSSR count). The zero-order valence-electron chi connectivity index (χ0n) is 23.0. The van der Waals surface area contributed by atoms with E-state index < -0.39 is 31.6 Å². The highest BCUT2D eigenvalue weighted by atomic mass is 35.5. The highest BCUT2D eigenvalue weighted by molar-refractivity contribution is 6.74. The zero-order valence-corrected chi connectivity index (χ0v) is 24.8. The lowest BCUT2D eigenvalue weighted by Crippen LogP contribution is -2.42. The summed E-state index contributed by atoms with van der Waals surface area (Å²) in [5, 5.41) is 1.33. The van der Waals surface area contributed by atoms with Gasteiger partial charge in [-0.1, -0.05) is 50.6 Å². The topological polar surface area (TPSA) is 78.2 Å². The molecule has 0 fully saturated rings. The molecule has 2 N–H and O–H groups in total. The average molecular weight is 574 g/mol. The first-order valence-electron chi connectivity index (χ1n) is 12.9. The number of para-hydroxylation sites is 1. The fraction of sp³-hybridized carbons (Fsp3) is 0.379. The summed E-state index contributed by atoms with van der Waals surface area (Å²) >= 11 is 6.64. The Bertz CT molecular complexity index is 1590. The Morgan fingerprint density at radius 3 is 2.38 bits per heavy atom. The standard InChI is InChI=1S/C29H34ClF2N3O3Si/c1-17(21-16-33-27(36)20-15-23(32)22(31)14-19(20)21)35(12-9-13-38-39(5,6)29(2,3)4)28(37)26-25(30)18-10-7-8-11-24(18)34-26/h7-8,10-11,14-17,34H,9,12-13H2,1-6H3,(H,33,36). The van der Waals surface area contributed by atoms with E-state index in [1.54, 1.807) is 11.8 Å². The van der Waals surface area contributed by atoms with Gasteiger partial charge in [0.1, 0.15) is 5.69 Å². The van der Waals surface area contributed by atoms with Crippen molar-refractivity contribution < 1.29 is 18.0 Å². The number of benzene rings is 2. The molecule has 0 aliphatic carbocycles. The van der Waals surface area contributed by atoms with Crippen molar-refractivity contribution in [3.63, 3.8) is 0 Å². The molecule has 0 spiro atoms. The van der Waals surface area contributed by atoms with Crippen LogP contribution in [-0.2, 0) is 4.43 Å². The summed E-state index contributed by atoms with van der Waals surface area (Å²) in [6.07, 6.45) is 2.00. The Morgan fingerprint density at radius 2 is 1.74 bits per heavy atom. The van der Waals surface area contributed by atoms with Gasteiger partial charge < -0.3 is 19.3 Å². The first-order valence-corrected chi connectivity index (χ1v) is 16.2. The minimum atomic E-state index is -1.99. The van der Waals surface area contributed by atoms with Crippen LogP contribution >= 0.6 is 11.6 Å². The molecule has 1 unspecified atom stereocenters. The number of nitrogens with zero attached hydrogens (tertiary/aromatic N) is 1. The third-order valence-corrected chi connectivity index (χ3v) is 12.8. The summed E-state index contributed by atoms with van der Waals surface area (Å²) in [6, 6.07) is 8.64. The van der Waals surface area contributed by atoms with Crippen molar-refractivity contribution in [2.75, 3.05) is 13.2 Å². The number of nitrogens with one attached hydrogen (secondary N) is 2. The molecule has 2 aromatic heterocycles. The zero-order chi connectivity index (χ0) is 28.7. The van der Waals surface area contributed by atoms with Crippen LogP contribution in [0.15, 0.2) is 47.4 Å². The Labute approximate surface area is 232 Å². The van der Waals surface area contributed by atoms with Gasteiger partial charge in [-0.3, -0.25) is 9.59 Å². The largest absolute Gasteiger partial charge is 0.417 e. The van der Waals surface area contributed by atoms with Gasteiger partial charge in [0.25, 0.3) is 11.5 Å². The van der Waals surface area contributed by atoms with Gasteiger partial charge in [0.15, 0.2) is 20.0 Å². The van der Waals surface area contributed by atoms with Gasteiger partial charge in [0, 0.05) is 30.3 Å². The van der Waals surface area contributed by atoms with E-state index in [4.69, 9.17) is 16.0 Å². The van der Waals surface area contributed by atoms with Gasteiger partial charge in [0.2, 0.25) is 0 Å². The first-order chi connectivity index (χ1) is 18.2. The number of carbonyl (C=O) groups excluding carboxylic acids is 1. The van der Waals surface area contributed by atoms with Gasteiger partial charge >= 0.3 is 0 Å². The minimum absolute atomic E-state index is 0.00977. The number of hydrogen-bond acceptors (Lipinski definition) is 3. The number of aromatic nitrogens is 2. The summed E-state index contributed by atoms with van der Waals surface area (Å²) in [7, 11) is -1.99. The van der Waals surface area contributed by atoms with Crippen molar-refractivity contribution in [3.05, 3.63) is 80.9 Å². The van der Waals surface area contributed by atoms with Crippen LogP contribution in [0.25, 0.3) is 21.7 Å². The second-order valence-corrected chi connectivity index (χ2v) is 16.6. The molecule has 0 aliphatic heterocycles. The predicted molar refractivity (Wildman–Crippen MR) is 155 cm³/mol. The average Bonchev–Trinajstić information content (AvgIpc) is 3.20. The molecular formula is C29H34ClF2N3O3Si. The van der Waals surface area contributed by atoms with E-state index in [0.717, 1.165) is 23.0 Å². The summed E-state index contributed by atoms with van der Waals surface area (Å²) in [4.78, 5) is 33.8. The lowest BCUT2D eigenvalue weighted by Gasteiger charge is -2.36. The molecule has 0 saturated carbocycles. The fourth-order valence-corrected chi connectivity index (χ4v) is 5.81. The number of fused-ring (bicyclic) bond motifs is 2. The highest BCUT2D eigenvalue weighted by Crippen LogP contribution is 2.37. The van der Waals surface area contributed by atoms with E-state index in [2.05, 4.69) is 43.8 Å². The Morgan fingerprint density at radius 1 is 1.10 bits per heavy atom. The predicted octanol–water partition coefficient (Wildman–Crippen LogP) is 7.56. The number of H-pyrrole nitrogens is 2. The number of pyridine rings is 1. The SMILES string of the molecule is CC(c1c[nH]c(=O)c2cc(F)c(F)cc12)N(CCCO[Si](C)(C)C(C)(C)C)C(=O)c1[nH]c2ccccc2c1Cl. The smallest absolute Gasteiger partial charge is 0.272 e. The summed E-state index contributed by atoms with van der Waals surface area (Å²) in [5.74, 6) is -2.53. The van der Waals surface area contributed by atoms with Gasteiger partial charge in [0.05, 0.1) is 16.5 Å². The molecule has 4 aromatic rings. The van der Waals surface area contributed by atoms with Crippen molar-refractivity contribution in [2.45, 2.75) is 58.3 Å². The molecule has 6 nitrogen and oxygen atoms in total. The van der Waals surface area contributed by atoms with Crippen LogP contribution in [-0.4, -0.2) is 42.2 Å².